The van der Waals surface area contributed by atoms with Crippen LogP contribution in [0.25, 0.3) is 0 Å². The van der Waals surface area contributed by atoms with Crippen molar-refractivity contribution >= 4 is 43.9 Å². The van der Waals surface area contributed by atoms with Crippen molar-refractivity contribution < 1.29 is 19.8 Å². The molecule has 0 unspecified atom stereocenters. The first kappa shape index (κ1) is 19.0. The van der Waals surface area contributed by atoms with E-state index in [9.17, 15) is 0 Å². The third-order valence-corrected chi connectivity index (χ3v) is 1.11. The summed E-state index contributed by atoms with van der Waals surface area (Å²) in [5.74, 6) is 0. The number of rotatable bonds is 0. The standard InChI is InChI=1S/C6H6S.Mg.HO3P.H2O/c7-6-4-2-1-3-5-6;;1-4(2)3;/h1-5,7H;;(H,1,2,3);1H2/q;+2;;/p-1. The first-order chi connectivity index (χ1) is 5.13. The van der Waals surface area contributed by atoms with Crippen molar-refractivity contribution in [3.63, 3.8) is 0 Å². The second kappa shape index (κ2) is 12.3. The molecule has 0 amide bonds. The summed E-state index contributed by atoms with van der Waals surface area (Å²) in [6.45, 7) is 0. The minimum Gasteiger partial charge on any atom is -0.870 e. The van der Waals surface area contributed by atoms with Gasteiger partial charge in [0.25, 0.3) is 8.25 Å². The smallest absolute Gasteiger partial charge is 0.870 e. The van der Waals surface area contributed by atoms with Gasteiger partial charge in [0.2, 0.25) is 0 Å². The predicted octanol–water partition coefficient (Wildman–Crippen LogP) is -1.14. The van der Waals surface area contributed by atoms with E-state index in [2.05, 4.69) is 12.6 Å². The van der Waals surface area contributed by atoms with Crippen LogP contribution in [0.1, 0.15) is 0 Å². The van der Waals surface area contributed by atoms with Gasteiger partial charge >= 0.3 is 23.1 Å². The fourth-order valence-corrected chi connectivity index (χ4v) is 0.631. The van der Waals surface area contributed by atoms with Crippen LogP contribution in [0.5, 0.6) is 0 Å². The molecule has 1 aromatic rings. The molecule has 0 bridgehead atoms. The van der Waals surface area contributed by atoms with E-state index in [1.807, 2.05) is 30.3 Å². The molecule has 1 N–H and O–H groups in total. The Morgan fingerprint density at radius 1 is 1.15 bits per heavy atom. The Kier molecular flexibility index (Phi) is 18.0. The Hall–Kier alpha value is 0.316. The number of hydrogen-bond acceptors (Lipinski definition) is 4. The predicted molar refractivity (Wildman–Crippen MR) is 50.2 cm³/mol. The zero-order valence-electron chi connectivity index (χ0n) is 6.71. The molecule has 13 heavy (non-hydrogen) atoms. The Balaban J connectivity index is -0.000000150. The SMILES string of the molecule is O=[P+]([O-])[O-].[Mg+2].[OH-].[SH2+]c1ccccc1. The van der Waals surface area contributed by atoms with Gasteiger partial charge in [0, 0.05) is 0 Å². The van der Waals surface area contributed by atoms with E-state index in [-0.39, 0.29) is 28.5 Å². The summed E-state index contributed by atoms with van der Waals surface area (Å²) in [5, 5.41) is 0. The third-order valence-electron chi connectivity index (χ3n) is 0.774. The molecule has 0 heterocycles. The molecular formula is C6H8MgO4PS+. The molecule has 7 heteroatoms. The molecule has 0 aromatic heterocycles. The molecule has 68 valence electrons. The molecule has 0 saturated carbocycles. The summed E-state index contributed by atoms with van der Waals surface area (Å²) in [6.07, 6.45) is 0. The van der Waals surface area contributed by atoms with Crippen molar-refractivity contribution in [2.75, 3.05) is 0 Å². The maximum atomic E-state index is 8.48. The van der Waals surface area contributed by atoms with Crippen LogP contribution in [0.2, 0.25) is 0 Å². The quantitative estimate of drug-likeness (QED) is 0.321. The second-order valence-corrected chi connectivity index (χ2v) is 2.61. The van der Waals surface area contributed by atoms with Crippen LogP contribution in [-0.4, -0.2) is 28.5 Å². The molecule has 0 spiro atoms. The fourth-order valence-electron chi connectivity index (χ4n) is 0.438. The van der Waals surface area contributed by atoms with Crippen molar-refractivity contribution in [2.45, 2.75) is 4.90 Å². The first-order valence-corrected chi connectivity index (χ1v) is 4.30. The van der Waals surface area contributed by atoms with Crippen molar-refractivity contribution in [1.82, 2.24) is 0 Å². The summed E-state index contributed by atoms with van der Waals surface area (Å²) in [5.41, 5.74) is 0. The van der Waals surface area contributed by atoms with Crippen LogP contribution in [0, 0.1) is 0 Å². The second-order valence-electron chi connectivity index (χ2n) is 1.59. The van der Waals surface area contributed by atoms with Crippen molar-refractivity contribution in [3.8, 4) is 0 Å². The van der Waals surface area contributed by atoms with Crippen molar-refractivity contribution in [3.05, 3.63) is 30.3 Å². The fraction of sp³-hybridized carbons (Fsp3) is 0. The van der Waals surface area contributed by atoms with Crippen LogP contribution in [0.15, 0.2) is 35.2 Å². The molecule has 0 aliphatic carbocycles. The first-order valence-electron chi connectivity index (χ1n) is 2.71. The van der Waals surface area contributed by atoms with Crippen LogP contribution in [0.4, 0.5) is 0 Å². The summed E-state index contributed by atoms with van der Waals surface area (Å²) < 4.78 is 8.48. The van der Waals surface area contributed by atoms with E-state index in [0.717, 1.165) is 4.90 Å². The number of benzene rings is 1. The van der Waals surface area contributed by atoms with E-state index in [1.54, 1.807) is 0 Å². The van der Waals surface area contributed by atoms with Gasteiger partial charge in [0.15, 0.2) is 0 Å². The Morgan fingerprint density at radius 3 is 1.62 bits per heavy atom. The molecule has 0 aliphatic rings. The van der Waals surface area contributed by atoms with Crippen LogP contribution >= 0.6 is 8.25 Å². The molecule has 1 rings (SSSR count). The Labute approximate surface area is 98.8 Å². The molecule has 4 nitrogen and oxygen atoms in total. The van der Waals surface area contributed by atoms with Gasteiger partial charge in [-0.25, -0.2) is 0 Å². The van der Waals surface area contributed by atoms with Gasteiger partial charge in [-0.05, 0) is 24.8 Å². The maximum absolute atomic E-state index is 8.48. The third kappa shape index (κ3) is 19.0. The van der Waals surface area contributed by atoms with E-state index in [0.29, 0.717) is 0 Å². The summed E-state index contributed by atoms with van der Waals surface area (Å²) >= 11 is 3.36. The molecule has 0 aliphatic heterocycles. The molecule has 1 aromatic carbocycles. The van der Waals surface area contributed by atoms with Gasteiger partial charge in [-0.3, -0.25) is 0 Å². The Morgan fingerprint density at radius 2 is 1.46 bits per heavy atom. The molecule has 0 atom stereocenters. The molecule has 0 fully saturated rings. The minimum absolute atomic E-state index is 0. The van der Waals surface area contributed by atoms with Crippen LogP contribution in [0.3, 0.4) is 0 Å². The summed E-state index contributed by atoms with van der Waals surface area (Å²) in [4.78, 5) is 18.1. The summed E-state index contributed by atoms with van der Waals surface area (Å²) in [6, 6.07) is 9.96. The minimum atomic E-state index is -3.37. The summed E-state index contributed by atoms with van der Waals surface area (Å²) in [7, 11) is -3.37. The van der Waals surface area contributed by atoms with Gasteiger partial charge in [0.1, 0.15) is 4.90 Å². The normalized spacial score (nSPS) is 6.69. The zero-order chi connectivity index (χ0) is 8.69. The largest absolute Gasteiger partial charge is 2.00 e. The van der Waals surface area contributed by atoms with Gasteiger partial charge in [-0.15, -0.1) is 0 Å². The molecule has 0 saturated heterocycles. The average Bonchev–Trinajstić information content (AvgIpc) is 1.87. The monoisotopic (exact) mass is 231 g/mol. The molecular weight excluding hydrogens is 223 g/mol. The van der Waals surface area contributed by atoms with Crippen molar-refractivity contribution in [1.29, 1.82) is 0 Å². The van der Waals surface area contributed by atoms with Crippen LogP contribution < -0.4 is 9.79 Å². The van der Waals surface area contributed by atoms with Gasteiger partial charge in [-0.2, -0.15) is 0 Å². The molecule has 0 radical (unpaired) electrons. The van der Waals surface area contributed by atoms with Gasteiger partial charge in [0.05, 0.1) is 0 Å². The zero-order valence-corrected chi connectivity index (χ0v) is 10.0. The number of hydrogen-bond donors (Lipinski definition) is 0. The van der Waals surface area contributed by atoms with Gasteiger partial charge < -0.3 is 15.3 Å². The Bertz CT molecular complexity index is 217. The van der Waals surface area contributed by atoms with E-state index < -0.39 is 8.25 Å². The average molecular weight is 231 g/mol. The van der Waals surface area contributed by atoms with Crippen LogP contribution in [-0.2, 0) is 17.2 Å². The van der Waals surface area contributed by atoms with E-state index in [1.165, 1.54) is 0 Å². The van der Waals surface area contributed by atoms with Crippen molar-refractivity contribution in [2.24, 2.45) is 0 Å². The van der Waals surface area contributed by atoms with E-state index >= 15 is 0 Å². The van der Waals surface area contributed by atoms with Gasteiger partial charge in [-0.1, -0.05) is 22.8 Å². The topological polar surface area (TPSA) is 93.2 Å². The van der Waals surface area contributed by atoms with E-state index in [4.69, 9.17) is 14.4 Å². The maximum Gasteiger partial charge on any atom is 2.00 e.